The van der Waals surface area contributed by atoms with Gasteiger partial charge in [-0.15, -0.1) is 10.2 Å². The van der Waals surface area contributed by atoms with E-state index in [4.69, 9.17) is 5.11 Å². The van der Waals surface area contributed by atoms with Crippen molar-refractivity contribution in [3.63, 3.8) is 0 Å². The number of ketones is 1. The summed E-state index contributed by atoms with van der Waals surface area (Å²) in [6.45, 7) is 0. The van der Waals surface area contributed by atoms with E-state index in [1.165, 1.54) is 72.8 Å². The molecule has 0 unspecified atom stereocenters. The number of nitrogens with one attached hydrogen (secondary N) is 4. The van der Waals surface area contributed by atoms with Gasteiger partial charge in [0.2, 0.25) is 16.6 Å². The van der Waals surface area contributed by atoms with Gasteiger partial charge in [0, 0.05) is 11.3 Å². The average Bonchev–Trinajstić information content (AvgIpc) is 3.08. The van der Waals surface area contributed by atoms with Crippen molar-refractivity contribution < 1.29 is 37.6 Å². The van der Waals surface area contributed by atoms with Crippen molar-refractivity contribution in [3.05, 3.63) is 145 Å². The number of rotatable bonds is 10. The normalized spacial score (nSPS) is 14.3. The van der Waals surface area contributed by atoms with Crippen molar-refractivity contribution in [1.82, 2.24) is 5.43 Å². The highest BCUT2D eigenvalue weighted by atomic mass is 32.2. The molecule has 18 heteroatoms. The van der Waals surface area contributed by atoms with Crippen LogP contribution in [0.4, 0.5) is 17.1 Å². The molecule has 7 N–H and O–H groups in total. The Hall–Kier alpha value is -7.05. The number of phenols is 1. The maximum absolute atomic E-state index is 13.0. The van der Waals surface area contributed by atoms with Crippen LogP contribution in [-0.2, 0) is 14.9 Å². The third-order valence-corrected chi connectivity index (χ3v) is 7.56. The molecule has 0 bridgehead atoms. The molecule has 1 aliphatic rings. The number of benzene rings is 4. The van der Waals surface area contributed by atoms with Gasteiger partial charge in [0.05, 0.1) is 22.0 Å². The number of carboxylic acid groups (broad SMARTS) is 1. The molecule has 4 aromatic carbocycles. The Balaban J connectivity index is 1.30. The fourth-order valence-corrected chi connectivity index (χ4v) is 4.72. The molecule has 0 aliphatic heterocycles. The first-order valence-electron chi connectivity index (χ1n) is 14.1. The second kappa shape index (κ2) is 14.4. The number of carbonyl (C=O) groups excluding carboxylic acids is 2. The predicted molar refractivity (Wildman–Crippen MR) is 178 cm³/mol. The van der Waals surface area contributed by atoms with Crippen LogP contribution in [0.5, 0.6) is 5.75 Å². The second-order valence-corrected chi connectivity index (χ2v) is 11.6. The Morgan fingerprint density at radius 2 is 1.52 bits per heavy atom. The van der Waals surface area contributed by atoms with Gasteiger partial charge < -0.3 is 26.4 Å². The summed E-state index contributed by atoms with van der Waals surface area (Å²) in [4.78, 5) is 61.3. The van der Waals surface area contributed by atoms with Crippen molar-refractivity contribution in [2.45, 2.75) is 4.90 Å². The molecular formula is C32H23N7O10S. The first-order chi connectivity index (χ1) is 23.8. The van der Waals surface area contributed by atoms with Gasteiger partial charge in [0.15, 0.2) is 5.36 Å². The van der Waals surface area contributed by atoms with Crippen LogP contribution in [0.25, 0.3) is 0 Å². The summed E-state index contributed by atoms with van der Waals surface area (Å²) in [6.07, 6.45) is 3.88. The number of nitrogens with zero attached hydrogens (tertiary/aromatic N) is 3. The standard InChI is InChI=1S/C32H23N7O10S/c40-26-11-8-19(15-23(26)32(45)46)33-31(44)17-4-6-18(7-5-17)34-39-29-28(42)13-10-24(30(29)43)37-38-25-16-21(9-12-27(25)41)36-35-20-2-1-3-22(14-20)50(47,48)49/h1-16,34-36,40H,(H,33,44)(H,45,46)(H,47,48,49)/b37-24+,38-25-,39-29-. The van der Waals surface area contributed by atoms with E-state index in [2.05, 4.69) is 36.9 Å². The van der Waals surface area contributed by atoms with E-state index in [0.717, 1.165) is 24.3 Å². The summed E-state index contributed by atoms with van der Waals surface area (Å²) < 4.78 is 32.0. The molecule has 0 saturated heterocycles. The van der Waals surface area contributed by atoms with Gasteiger partial charge >= 0.3 is 5.97 Å². The third-order valence-electron chi connectivity index (χ3n) is 6.71. The number of hydrazine groups is 1. The maximum Gasteiger partial charge on any atom is 0.339 e. The van der Waals surface area contributed by atoms with Crippen LogP contribution in [0.1, 0.15) is 20.7 Å². The summed E-state index contributed by atoms with van der Waals surface area (Å²) in [5.41, 5.74) is 7.04. The quantitative estimate of drug-likeness (QED) is 0.0529. The van der Waals surface area contributed by atoms with Crippen molar-refractivity contribution in [2.24, 2.45) is 15.3 Å². The Labute approximate surface area is 280 Å². The second-order valence-electron chi connectivity index (χ2n) is 10.2. The number of anilines is 3. The lowest BCUT2D eigenvalue weighted by Crippen LogP contribution is -2.47. The van der Waals surface area contributed by atoms with Gasteiger partial charge in [-0.2, -0.15) is 13.5 Å². The van der Waals surface area contributed by atoms with Crippen LogP contribution in [0.2, 0.25) is 0 Å². The molecule has 0 aromatic heterocycles. The fourth-order valence-electron chi connectivity index (χ4n) is 4.19. The molecule has 5 rings (SSSR count). The molecule has 252 valence electrons. The van der Waals surface area contributed by atoms with E-state index in [0.29, 0.717) is 11.4 Å². The Bertz CT molecular complexity index is 2480. The summed E-state index contributed by atoms with van der Waals surface area (Å²) in [5, 5.41) is 32.0. The Morgan fingerprint density at radius 1 is 0.780 bits per heavy atom. The van der Waals surface area contributed by atoms with E-state index < -0.39 is 49.7 Å². The van der Waals surface area contributed by atoms with Gasteiger partial charge in [-0.25, -0.2) is 4.79 Å². The number of amides is 1. The topological polar surface area (TPSA) is 265 Å². The number of hydrogen-bond donors (Lipinski definition) is 7. The maximum atomic E-state index is 13.0. The number of hydrogen-bond acceptors (Lipinski definition) is 14. The van der Waals surface area contributed by atoms with Gasteiger partial charge in [-0.1, -0.05) is 6.07 Å². The molecule has 0 atom stereocenters. The minimum atomic E-state index is -4.42. The van der Waals surface area contributed by atoms with Gasteiger partial charge in [0.1, 0.15) is 22.4 Å². The number of carboxylic acids is 1. The van der Waals surface area contributed by atoms with E-state index in [9.17, 15) is 42.0 Å². The van der Waals surface area contributed by atoms with Gasteiger partial charge in [-0.05, 0) is 91.0 Å². The van der Waals surface area contributed by atoms with Crippen molar-refractivity contribution in [2.75, 3.05) is 16.2 Å². The highest BCUT2D eigenvalue weighted by Crippen LogP contribution is 2.22. The Kier molecular flexibility index (Phi) is 9.86. The molecule has 1 aliphatic carbocycles. The first-order valence-corrected chi connectivity index (χ1v) is 15.5. The average molecular weight is 698 g/mol. The van der Waals surface area contributed by atoms with E-state index in [1.807, 2.05) is 0 Å². The molecule has 50 heavy (non-hydrogen) atoms. The summed E-state index contributed by atoms with van der Waals surface area (Å²) in [5.74, 6) is -2.95. The number of carbonyl (C=O) groups is 3. The monoisotopic (exact) mass is 697 g/mol. The van der Waals surface area contributed by atoms with Crippen molar-refractivity contribution in [3.8, 4) is 5.75 Å². The lowest BCUT2D eigenvalue weighted by atomic mass is 10.1. The molecule has 0 spiro atoms. The lowest BCUT2D eigenvalue weighted by Gasteiger charge is -2.13. The highest BCUT2D eigenvalue weighted by molar-refractivity contribution is 7.85. The zero-order valence-corrected chi connectivity index (χ0v) is 26.0. The fraction of sp³-hybridized carbons (Fsp3) is 0. The van der Waals surface area contributed by atoms with Crippen LogP contribution < -0.4 is 43.2 Å². The van der Waals surface area contributed by atoms with E-state index in [-0.39, 0.29) is 38.5 Å². The molecule has 0 heterocycles. The molecule has 0 radical (unpaired) electrons. The van der Waals surface area contributed by atoms with Crippen molar-refractivity contribution >= 4 is 50.6 Å². The lowest BCUT2D eigenvalue weighted by molar-refractivity contribution is -0.108. The van der Waals surface area contributed by atoms with Gasteiger partial charge in [0.25, 0.3) is 16.0 Å². The zero-order valence-electron chi connectivity index (χ0n) is 25.2. The van der Waals surface area contributed by atoms with Crippen LogP contribution in [0, 0.1) is 0 Å². The van der Waals surface area contributed by atoms with Crippen LogP contribution in [-0.4, -0.2) is 46.6 Å². The van der Waals surface area contributed by atoms with Crippen LogP contribution in [0.15, 0.2) is 133 Å². The van der Waals surface area contributed by atoms with Crippen molar-refractivity contribution in [1.29, 1.82) is 0 Å². The summed E-state index contributed by atoms with van der Waals surface area (Å²) in [6, 6.07) is 16.7. The van der Waals surface area contributed by atoms with Crippen LogP contribution in [0.3, 0.4) is 0 Å². The molecule has 0 fully saturated rings. The minimum Gasteiger partial charge on any atom is -0.507 e. The molecule has 4 aromatic rings. The smallest absolute Gasteiger partial charge is 0.339 e. The largest absolute Gasteiger partial charge is 0.507 e. The zero-order chi connectivity index (χ0) is 36.0. The van der Waals surface area contributed by atoms with E-state index in [1.54, 1.807) is 0 Å². The summed E-state index contributed by atoms with van der Waals surface area (Å²) in [7, 11) is -4.42. The first kappa shape index (κ1) is 34.3. The third kappa shape index (κ3) is 8.26. The molecule has 17 nitrogen and oxygen atoms in total. The molecule has 0 saturated carbocycles. The molecular weight excluding hydrogens is 674 g/mol. The summed E-state index contributed by atoms with van der Waals surface area (Å²) >= 11 is 0. The SMILES string of the molecule is O=C1C=CC(NNc2cccc(S(=O)(=O)O)c2)=C/C1=N/N=c1\ccc(=O)/c(=N/Nc2ccc(C(=O)Nc3ccc(O)c(C(=O)O)c3)cc2)c1=O. The predicted octanol–water partition coefficient (Wildman–Crippen LogP) is 1.01. The molecule has 1 amide bonds. The minimum absolute atomic E-state index is 0.139. The van der Waals surface area contributed by atoms with E-state index >= 15 is 0 Å². The number of aromatic carboxylic acids is 1. The number of allylic oxidation sites excluding steroid dienone is 3. The van der Waals surface area contributed by atoms with Gasteiger partial charge in [-0.3, -0.25) is 29.2 Å². The number of aromatic hydroxyl groups is 1. The highest BCUT2D eigenvalue weighted by Gasteiger charge is 2.15. The Morgan fingerprint density at radius 3 is 2.24 bits per heavy atom. The van der Waals surface area contributed by atoms with Crippen LogP contribution >= 0.6 is 0 Å².